The Morgan fingerprint density at radius 3 is 2.36 bits per heavy atom. The summed E-state index contributed by atoms with van der Waals surface area (Å²) < 4.78 is 27.7. The lowest BCUT2D eigenvalue weighted by Crippen LogP contribution is -2.26. The zero-order valence-corrected chi connectivity index (χ0v) is 15.8. The van der Waals surface area contributed by atoms with Crippen LogP contribution in [0, 0.1) is 13.8 Å². The Bertz CT molecular complexity index is 823. The topological polar surface area (TPSA) is 49.4 Å². The van der Waals surface area contributed by atoms with Gasteiger partial charge in [0.05, 0.1) is 4.90 Å². The molecule has 0 amide bonds. The van der Waals surface area contributed by atoms with Gasteiger partial charge in [0.15, 0.2) is 0 Å². The van der Waals surface area contributed by atoms with Crippen molar-refractivity contribution >= 4 is 15.7 Å². The Morgan fingerprint density at radius 1 is 1.00 bits per heavy atom. The lowest BCUT2D eigenvalue weighted by atomic mass is 10.1. The summed E-state index contributed by atoms with van der Waals surface area (Å²) >= 11 is 0. The average molecular weight is 359 g/mol. The van der Waals surface area contributed by atoms with Gasteiger partial charge in [-0.05, 0) is 68.0 Å². The van der Waals surface area contributed by atoms with Gasteiger partial charge >= 0.3 is 0 Å². The molecular formula is C20H26N2O2S. The van der Waals surface area contributed by atoms with Crippen LogP contribution < -0.4 is 9.62 Å². The minimum absolute atomic E-state index is 0.372. The van der Waals surface area contributed by atoms with Gasteiger partial charge in [-0.2, -0.15) is 0 Å². The van der Waals surface area contributed by atoms with Crippen LogP contribution in [0.1, 0.15) is 29.5 Å². The zero-order valence-electron chi connectivity index (χ0n) is 15.0. The summed E-state index contributed by atoms with van der Waals surface area (Å²) in [5.74, 6) is 0. The third-order valence-corrected chi connectivity index (χ3v) is 6.35. The highest BCUT2D eigenvalue weighted by Gasteiger charge is 2.16. The molecule has 1 aliphatic heterocycles. The molecule has 1 aliphatic rings. The standard InChI is InChI=1S/C20H26N2O2S/c1-16-5-6-17(2)20(15-16)25(23,24)21-12-11-18-7-9-19(10-8-18)22-13-3-4-14-22/h5-10,15,21H,3-4,11-14H2,1-2H3. The molecule has 1 fully saturated rings. The van der Waals surface area contributed by atoms with Crippen LogP contribution in [0.4, 0.5) is 5.69 Å². The SMILES string of the molecule is Cc1ccc(C)c(S(=O)(=O)NCCc2ccc(N3CCCC3)cc2)c1. The van der Waals surface area contributed by atoms with E-state index in [2.05, 4.69) is 33.9 Å². The van der Waals surface area contributed by atoms with Gasteiger partial charge in [0, 0.05) is 25.3 Å². The Kier molecular flexibility index (Phi) is 5.45. The molecule has 25 heavy (non-hydrogen) atoms. The van der Waals surface area contributed by atoms with Crippen molar-refractivity contribution in [3.63, 3.8) is 0 Å². The Morgan fingerprint density at radius 2 is 1.68 bits per heavy atom. The fraction of sp³-hybridized carbons (Fsp3) is 0.400. The predicted octanol–water partition coefficient (Wildman–Crippen LogP) is 3.42. The molecule has 0 radical (unpaired) electrons. The van der Waals surface area contributed by atoms with E-state index in [1.807, 2.05) is 26.0 Å². The highest BCUT2D eigenvalue weighted by Crippen LogP contribution is 2.21. The van der Waals surface area contributed by atoms with Crippen LogP contribution in [0.25, 0.3) is 0 Å². The molecule has 2 aromatic carbocycles. The molecule has 0 aliphatic carbocycles. The molecule has 0 aromatic heterocycles. The van der Waals surface area contributed by atoms with E-state index < -0.39 is 10.0 Å². The number of nitrogens with one attached hydrogen (secondary N) is 1. The molecule has 4 nitrogen and oxygen atoms in total. The highest BCUT2D eigenvalue weighted by molar-refractivity contribution is 7.89. The van der Waals surface area contributed by atoms with Gasteiger partial charge < -0.3 is 4.90 Å². The second-order valence-electron chi connectivity index (χ2n) is 6.78. The Hall–Kier alpha value is -1.85. The summed E-state index contributed by atoms with van der Waals surface area (Å²) in [6.07, 6.45) is 3.22. The van der Waals surface area contributed by atoms with Crippen molar-refractivity contribution in [3.05, 3.63) is 59.2 Å². The molecule has 0 atom stereocenters. The van der Waals surface area contributed by atoms with Gasteiger partial charge in [-0.3, -0.25) is 0 Å². The summed E-state index contributed by atoms with van der Waals surface area (Å²) in [5, 5.41) is 0. The number of hydrogen-bond acceptors (Lipinski definition) is 3. The van der Waals surface area contributed by atoms with Crippen LogP contribution in [0.15, 0.2) is 47.4 Å². The van der Waals surface area contributed by atoms with Crippen LogP contribution in [-0.2, 0) is 16.4 Å². The van der Waals surface area contributed by atoms with Crippen molar-refractivity contribution in [1.82, 2.24) is 4.72 Å². The number of anilines is 1. The van der Waals surface area contributed by atoms with Crippen LogP contribution >= 0.6 is 0 Å². The van der Waals surface area contributed by atoms with E-state index in [1.165, 1.54) is 18.5 Å². The number of nitrogens with zero attached hydrogens (tertiary/aromatic N) is 1. The van der Waals surface area contributed by atoms with E-state index in [9.17, 15) is 8.42 Å². The van der Waals surface area contributed by atoms with Crippen molar-refractivity contribution in [2.75, 3.05) is 24.5 Å². The molecule has 0 saturated carbocycles. The van der Waals surface area contributed by atoms with Gasteiger partial charge in [0.1, 0.15) is 0 Å². The number of rotatable bonds is 6. The molecule has 1 heterocycles. The monoisotopic (exact) mass is 358 g/mol. The Labute approximate surface area is 150 Å². The summed E-state index contributed by atoms with van der Waals surface area (Å²) in [6, 6.07) is 14.0. The molecular weight excluding hydrogens is 332 g/mol. The van der Waals surface area contributed by atoms with E-state index in [0.29, 0.717) is 17.9 Å². The smallest absolute Gasteiger partial charge is 0.240 e. The minimum atomic E-state index is -3.46. The molecule has 134 valence electrons. The van der Waals surface area contributed by atoms with Crippen molar-refractivity contribution in [2.45, 2.75) is 38.0 Å². The summed E-state index contributed by atoms with van der Waals surface area (Å²) in [4.78, 5) is 2.77. The first kappa shape index (κ1) is 18.0. The number of hydrogen-bond donors (Lipinski definition) is 1. The van der Waals surface area contributed by atoms with Gasteiger partial charge in [-0.1, -0.05) is 24.3 Å². The molecule has 1 saturated heterocycles. The van der Waals surface area contributed by atoms with Gasteiger partial charge in [0.25, 0.3) is 0 Å². The van der Waals surface area contributed by atoms with Crippen LogP contribution in [0.3, 0.4) is 0 Å². The van der Waals surface area contributed by atoms with Crippen molar-refractivity contribution in [3.8, 4) is 0 Å². The maximum Gasteiger partial charge on any atom is 0.240 e. The van der Waals surface area contributed by atoms with Gasteiger partial charge in [0.2, 0.25) is 10.0 Å². The van der Waals surface area contributed by atoms with E-state index in [0.717, 1.165) is 29.8 Å². The van der Waals surface area contributed by atoms with Gasteiger partial charge in [-0.15, -0.1) is 0 Å². The summed E-state index contributed by atoms with van der Waals surface area (Å²) in [5.41, 5.74) is 4.13. The van der Waals surface area contributed by atoms with Crippen molar-refractivity contribution in [2.24, 2.45) is 0 Å². The highest BCUT2D eigenvalue weighted by atomic mass is 32.2. The first-order valence-corrected chi connectivity index (χ1v) is 10.3. The molecule has 2 aromatic rings. The second kappa shape index (κ2) is 7.58. The van der Waals surface area contributed by atoms with E-state index >= 15 is 0 Å². The molecule has 3 rings (SSSR count). The van der Waals surface area contributed by atoms with Crippen LogP contribution in [-0.4, -0.2) is 28.1 Å². The van der Waals surface area contributed by atoms with Crippen molar-refractivity contribution < 1.29 is 8.42 Å². The Balaban J connectivity index is 1.59. The fourth-order valence-corrected chi connectivity index (χ4v) is 4.61. The quantitative estimate of drug-likeness (QED) is 0.861. The third-order valence-electron chi connectivity index (χ3n) is 4.75. The fourth-order valence-electron chi connectivity index (χ4n) is 3.25. The van der Waals surface area contributed by atoms with E-state index in [1.54, 1.807) is 6.07 Å². The minimum Gasteiger partial charge on any atom is -0.372 e. The second-order valence-corrected chi connectivity index (χ2v) is 8.51. The average Bonchev–Trinajstić information content (AvgIpc) is 3.12. The molecule has 0 spiro atoms. The third kappa shape index (κ3) is 4.41. The van der Waals surface area contributed by atoms with E-state index in [4.69, 9.17) is 0 Å². The zero-order chi connectivity index (χ0) is 17.9. The van der Waals surface area contributed by atoms with Crippen molar-refractivity contribution in [1.29, 1.82) is 0 Å². The maximum absolute atomic E-state index is 12.5. The molecule has 0 unspecified atom stereocenters. The number of aryl methyl sites for hydroxylation is 2. The van der Waals surface area contributed by atoms with Gasteiger partial charge in [-0.25, -0.2) is 13.1 Å². The maximum atomic E-state index is 12.5. The first-order chi connectivity index (χ1) is 12.0. The summed E-state index contributed by atoms with van der Waals surface area (Å²) in [7, 11) is -3.46. The lowest BCUT2D eigenvalue weighted by molar-refractivity contribution is 0.581. The molecule has 1 N–H and O–H groups in total. The number of sulfonamides is 1. The predicted molar refractivity (Wildman–Crippen MR) is 103 cm³/mol. The number of benzene rings is 2. The van der Waals surface area contributed by atoms with Crippen LogP contribution in [0.5, 0.6) is 0 Å². The normalized spacial score (nSPS) is 14.9. The molecule has 5 heteroatoms. The molecule has 0 bridgehead atoms. The van der Waals surface area contributed by atoms with Crippen LogP contribution in [0.2, 0.25) is 0 Å². The largest absolute Gasteiger partial charge is 0.372 e. The summed E-state index contributed by atoms with van der Waals surface area (Å²) in [6.45, 7) is 6.40. The first-order valence-electron chi connectivity index (χ1n) is 8.86. The van der Waals surface area contributed by atoms with E-state index in [-0.39, 0.29) is 0 Å². The lowest BCUT2D eigenvalue weighted by Gasteiger charge is -2.17.